The van der Waals surface area contributed by atoms with E-state index < -0.39 is 10.0 Å². The Kier molecular flexibility index (Phi) is 4.36. The van der Waals surface area contributed by atoms with E-state index in [-0.39, 0.29) is 17.1 Å². The number of allylic oxidation sites excluding steroid dienone is 1. The number of hydrogen-bond donors (Lipinski definition) is 0. The van der Waals surface area contributed by atoms with E-state index >= 15 is 0 Å². The third-order valence-corrected chi connectivity index (χ3v) is 5.94. The number of sulfonamides is 1. The lowest BCUT2D eigenvalue weighted by Gasteiger charge is -2.19. The van der Waals surface area contributed by atoms with Gasteiger partial charge in [0.05, 0.1) is 11.4 Å². The predicted molar refractivity (Wildman–Crippen MR) is 86.9 cm³/mol. The molecule has 124 valence electrons. The van der Waals surface area contributed by atoms with Gasteiger partial charge in [0.2, 0.25) is 10.0 Å². The Bertz CT molecular complexity index is 874. The van der Waals surface area contributed by atoms with E-state index in [1.165, 1.54) is 25.7 Å². The standard InChI is InChI=1S/C15H20N4O3S/c1-2-9-19-15(20)18-12-13(7-8-14(18)16-19)23(21,22)17-10-5-3-4-6-11-17/h2,7-8,12H,1,3-6,9-11H2. The van der Waals surface area contributed by atoms with Gasteiger partial charge in [-0.2, -0.15) is 4.31 Å². The number of aromatic nitrogens is 3. The first-order valence-corrected chi connectivity index (χ1v) is 9.18. The molecule has 3 rings (SSSR count). The molecule has 1 aliphatic rings. The van der Waals surface area contributed by atoms with Gasteiger partial charge in [-0.1, -0.05) is 18.9 Å². The predicted octanol–water partition coefficient (Wildman–Crippen LogP) is 1.25. The molecular weight excluding hydrogens is 316 g/mol. The highest BCUT2D eigenvalue weighted by atomic mass is 32.2. The molecule has 0 atom stereocenters. The summed E-state index contributed by atoms with van der Waals surface area (Å²) >= 11 is 0. The van der Waals surface area contributed by atoms with Gasteiger partial charge < -0.3 is 0 Å². The van der Waals surface area contributed by atoms with Crippen LogP contribution in [0.2, 0.25) is 0 Å². The summed E-state index contributed by atoms with van der Waals surface area (Å²) in [6.45, 7) is 4.93. The minimum atomic E-state index is -3.58. The van der Waals surface area contributed by atoms with Crippen LogP contribution in [0.15, 0.2) is 40.7 Å². The molecule has 0 amide bonds. The van der Waals surface area contributed by atoms with Gasteiger partial charge in [0.25, 0.3) is 0 Å². The van der Waals surface area contributed by atoms with Crippen LogP contribution in [0.1, 0.15) is 25.7 Å². The van der Waals surface area contributed by atoms with E-state index in [2.05, 4.69) is 11.7 Å². The van der Waals surface area contributed by atoms with Crippen molar-refractivity contribution in [3.63, 3.8) is 0 Å². The van der Waals surface area contributed by atoms with Crippen LogP contribution in [0.5, 0.6) is 0 Å². The van der Waals surface area contributed by atoms with Crippen LogP contribution < -0.4 is 5.69 Å². The maximum Gasteiger partial charge on any atom is 0.350 e. The molecule has 7 nitrogen and oxygen atoms in total. The van der Waals surface area contributed by atoms with Gasteiger partial charge in [0.15, 0.2) is 5.65 Å². The monoisotopic (exact) mass is 336 g/mol. The third-order valence-electron chi connectivity index (χ3n) is 4.05. The SMILES string of the molecule is C=CCn1nc2ccc(S(=O)(=O)N3CCCCCC3)cn2c1=O. The highest BCUT2D eigenvalue weighted by molar-refractivity contribution is 7.89. The van der Waals surface area contributed by atoms with E-state index in [9.17, 15) is 13.2 Å². The van der Waals surface area contributed by atoms with E-state index in [1.54, 1.807) is 12.1 Å². The van der Waals surface area contributed by atoms with Crippen molar-refractivity contribution < 1.29 is 8.42 Å². The van der Waals surface area contributed by atoms with Crippen LogP contribution in [0, 0.1) is 0 Å². The van der Waals surface area contributed by atoms with Gasteiger partial charge in [-0.15, -0.1) is 11.7 Å². The summed E-state index contributed by atoms with van der Waals surface area (Å²) in [6.07, 6.45) is 6.79. The molecular formula is C15H20N4O3S. The minimum absolute atomic E-state index is 0.132. The fraction of sp³-hybridized carbons (Fsp3) is 0.467. The molecule has 0 bridgehead atoms. The second-order valence-corrected chi connectivity index (χ2v) is 7.60. The van der Waals surface area contributed by atoms with Crippen LogP contribution in [-0.4, -0.2) is 40.0 Å². The molecule has 8 heteroatoms. The summed E-state index contributed by atoms with van der Waals surface area (Å²) in [5, 5.41) is 4.14. The van der Waals surface area contributed by atoms with E-state index in [0.717, 1.165) is 25.7 Å². The Balaban J connectivity index is 2.03. The lowest BCUT2D eigenvalue weighted by molar-refractivity contribution is 0.423. The van der Waals surface area contributed by atoms with E-state index in [0.29, 0.717) is 18.7 Å². The minimum Gasteiger partial charge on any atom is -0.249 e. The summed E-state index contributed by atoms with van der Waals surface area (Å²) in [5.41, 5.74) is 0.0551. The number of nitrogens with zero attached hydrogens (tertiary/aromatic N) is 4. The topological polar surface area (TPSA) is 76.7 Å². The summed E-state index contributed by atoms with van der Waals surface area (Å²) < 4.78 is 29.6. The van der Waals surface area contributed by atoms with Gasteiger partial charge >= 0.3 is 5.69 Å². The number of hydrogen-bond acceptors (Lipinski definition) is 4. The van der Waals surface area contributed by atoms with Crippen molar-refractivity contribution in [2.24, 2.45) is 0 Å². The Morgan fingerprint density at radius 1 is 1.17 bits per heavy atom. The summed E-state index contributed by atoms with van der Waals surface area (Å²) in [6, 6.07) is 3.08. The zero-order chi connectivity index (χ0) is 16.4. The highest BCUT2D eigenvalue weighted by Gasteiger charge is 2.26. The molecule has 1 saturated heterocycles. The smallest absolute Gasteiger partial charge is 0.249 e. The van der Waals surface area contributed by atoms with Crippen molar-refractivity contribution in [3.8, 4) is 0 Å². The molecule has 23 heavy (non-hydrogen) atoms. The second-order valence-electron chi connectivity index (χ2n) is 5.66. The lowest BCUT2D eigenvalue weighted by Crippen LogP contribution is -2.32. The van der Waals surface area contributed by atoms with Crippen molar-refractivity contribution in [1.82, 2.24) is 18.5 Å². The second kappa shape index (κ2) is 6.29. The van der Waals surface area contributed by atoms with Crippen LogP contribution in [0.4, 0.5) is 0 Å². The van der Waals surface area contributed by atoms with Crippen LogP contribution in [0.3, 0.4) is 0 Å². The van der Waals surface area contributed by atoms with Crippen molar-refractivity contribution in [2.75, 3.05) is 13.1 Å². The Morgan fingerprint density at radius 3 is 2.52 bits per heavy atom. The average Bonchev–Trinajstić information content (AvgIpc) is 2.74. The number of rotatable bonds is 4. The first kappa shape index (κ1) is 15.9. The number of fused-ring (bicyclic) bond motifs is 1. The molecule has 0 radical (unpaired) electrons. The molecule has 1 fully saturated rings. The zero-order valence-corrected chi connectivity index (χ0v) is 13.7. The van der Waals surface area contributed by atoms with Crippen LogP contribution >= 0.6 is 0 Å². The maximum atomic E-state index is 12.8. The van der Waals surface area contributed by atoms with Crippen LogP contribution in [0.25, 0.3) is 5.65 Å². The average molecular weight is 336 g/mol. The molecule has 2 aromatic heterocycles. The van der Waals surface area contributed by atoms with Crippen LogP contribution in [-0.2, 0) is 16.6 Å². The number of pyridine rings is 1. The fourth-order valence-corrected chi connectivity index (χ4v) is 4.34. The molecule has 0 spiro atoms. The van der Waals surface area contributed by atoms with Crippen molar-refractivity contribution in [1.29, 1.82) is 0 Å². The van der Waals surface area contributed by atoms with Gasteiger partial charge in [-0.25, -0.2) is 22.3 Å². The lowest BCUT2D eigenvalue weighted by atomic mass is 10.2. The summed E-state index contributed by atoms with van der Waals surface area (Å²) in [5.74, 6) is 0. The molecule has 0 aliphatic carbocycles. The first-order chi connectivity index (χ1) is 11.0. The Labute approximate surface area is 134 Å². The van der Waals surface area contributed by atoms with Crippen molar-refractivity contribution in [2.45, 2.75) is 37.1 Å². The first-order valence-electron chi connectivity index (χ1n) is 7.74. The maximum absolute atomic E-state index is 12.8. The van der Waals surface area contributed by atoms with Gasteiger partial charge in [0.1, 0.15) is 0 Å². The Hall–Kier alpha value is -1.93. The van der Waals surface area contributed by atoms with E-state index in [4.69, 9.17) is 0 Å². The van der Waals surface area contributed by atoms with Crippen molar-refractivity contribution >= 4 is 15.7 Å². The fourth-order valence-electron chi connectivity index (χ4n) is 2.82. The van der Waals surface area contributed by atoms with E-state index in [1.807, 2.05) is 0 Å². The molecule has 0 unspecified atom stereocenters. The molecule has 2 aromatic rings. The molecule has 3 heterocycles. The van der Waals surface area contributed by atoms with Crippen molar-refractivity contribution in [3.05, 3.63) is 41.5 Å². The quantitative estimate of drug-likeness (QED) is 0.787. The largest absolute Gasteiger partial charge is 0.350 e. The molecule has 0 N–H and O–H groups in total. The Morgan fingerprint density at radius 2 is 1.87 bits per heavy atom. The third kappa shape index (κ3) is 2.96. The molecule has 1 aliphatic heterocycles. The van der Waals surface area contributed by atoms with Gasteiger partial charge in [-0.3, -0.25) is 0 Å². The van der Waals surface area contributed by atoms with Gasteiger partial charge in [0, 0.05) is 19.3 Å². The highest BCUT2D eigenvalue weighted by Crippen LogP contribution is 2.20. The molecule has 0 aromatic carbocycles. The zero-order valence-electron chi connectivity index (χ0n) is 12.9. The summed E-state index contributed by atoms with van der Waals surface area (Å²) in [4.78, 5) is 12.4. The molecule has 0 saturated carbocycles. The summed E-state index contributed by atoms with van der Waals surface area (Å²) in [7, 11) is -3.58. The van der Waals surface area contributed by atoms with Gasteiger partial charge in [-0.05, 0) is 25.0 Å². The normalized spacial score (nSPS) is 17.2.